The molecular weight excluding hydrogens is 177 g/mol. The fourth-order valence-electron chi connectivity index (χ4n) is 0.676. The monoisotopic (exact) mass is 191 g/mol. The second kappa shape index (κ2) is 6.30. The van der Waals surface area contributed by atoms with E-state index in [0.29, 0.717) is 0 Å². The maximum atomic E-state index is 8.61. The molecule has 0 aromatic carbocycles. The van der Waals surface area contributed by atoms with Crippen molar-refractivity contribution in [3.8, 4) is 6.07 Å². The minimum atomic E-state index is -1.85. The second-order valence-corrected chi connectivity index (χ2v) is 3.46. The van der Waals surface area contributed by atoms with Gasteiger partial charge in [0.2, 0.25) is 8.53 Å². The number of hydrogen-bond acceptors (Lipinski definition) is 5. The molecule has 0 aliphatic carbocycles. The predicted molar refractivity (Wildman–Crippen MR) is 47.0 cm³/mol. The molecule has 0 bridgehead atoms. The molecule has 0 saturated carbocycles. The van der Waals surface area contributed by atoms with Gasteiger partial charge in [-0.05, 0) is 13.8 Å². The number of nitrogens with zero attached hydrogens (tertiary/aromatic N) is 1. The zero-order valence-corrected chi connectivity index (χ0v) is 8.08. The first kappa shape index (κ1) is 11.8. The van der Waals surface area contributed by atoms with E-state index in [0.717, 1.165) is 0 Å². The molecule has 2 atom stereocenters. The van der Waals surface area contributed by atoms with Crippen LogP contribution in [0.1, 0.15) is 13.8 Å². The molecule has 0 aromatic heterocycles. The van der Waals surface area contributed by atoms with Crippen LogP contribution < -0.4 is 10.8 Å². The molecule has 12 heavy (non-hydrogen) atoms. The molecule has 0 spiro atoms. The molecule has 0 radical (unpaired) electrons. The summed E-state index contributed by atoms with van der Waals surface area (Å²) in [6.07, 6.45) is 0. The summed E-state index contributed by atoms with van der Waals surface area (Å²) in [6.45, 7) is 3.97. The lowest BCUT2D eigenvalue weighted by molar-refractivity contribution is 0.279. The Morgan fingerprint density at radius 2 is 2.33 bits per heavy atom. The summed E-state index contributed by atoms with van der Waals surface area (Å²) in [5.74, 6) is 0. The topological polar surface area (TPSA) is 91.3 Å². The van der Waals surface area contributed by atoms with Gasteiger partial charge in [0, 0.05) is 6.04 Å². The van der Waals surface area contributed by atoms with Crippen molar-refractivity contribution < 1.29 is 9.42 Å². The Morgan fingerprint density at radius 3 is 2.67 bits per heavy atom. The highest BCUT2D eigenvalue weighted by Gasteiger charge is 2.09. The lowest BCUT2D eigenvalue weighted by Crippen LogP contribution is -2.36. The molecule has 0 heterocycles. The fraction of sp³-hybridized carbons (Fsp3) is 0.833. The van der Waals surface area contributed by atoms with E-state index in [-0.39, 0.29) is 12.6 Å². The maximum Gasteiger partial charge on any atom is 0.250 e. The van der Waals surface area contributed by atoms with Crippen molar-refractivity contribution in [2.75, 3.05) is 6.61 Å². The Bertz CT molecular complexity index is 157. The van der Waals surface area contributed by atoms with Gasteiger partial charge in [-0.3, -0.25) is 10.8 Å². The molecule has 0 aliphatic rings. The van der Waals surface area contributed by atoms with Crippen molar-refractivity contribution in [2.45, 2.75) is 25.9 Å². The van der Waals surface area contributed by atoms with Crippen molar-refractivity contribution in [3.05, 3.63) is 0 Å². The molecule has 0 rings (SSSR count). The van der Waals surface area contributed by atoms with Gasteiger partial charge in [-0.15, -0.1) is 0 Å². The summed E-state index contributed by atoms with van der Waals surface area (Å²) in [5.41, 5.74) is 4.99. The van der Waals surface area contributed by atoms with Crippen molar-refractivity contribution in [3.63, 3.8) is 0 Å². The number of rotatable bonds is 5. The number of nitrogens with two attached hydrogens (primary N) is 1. The summed E-state index contributed by atoms with van der Waals surface area (Å²) in [4.78, 5) is 8.61. The van der Waals surface area contributed by atoms with E-state index in [2.05, 4.69) is 5.32 Å². The summed E-state index contributed by atoms with van der Waals surface area (Å²) in [5, 5.41) is 11.5. The highest BCUT2D eigenvalue weighted by Crippen LogP contribution is 2.18. The Hall–Kier alpha value is -0.240. The van der Waals surface area contributed by atoms with E-state index in [9.17, 15) is 0 Å². The van der Waals surface area contributed by atoms with E-state index in [4.69, 9.17) is 20.2 Å². The van der Waals surface area contributed by atoms with Gasteiger partial charge in [0.15, 0.2) is 0 Å². The van der Waals surface area contributed by atoms with Gasteiger partial charge in [-0.25, -0.2) is 0 Å². The van der Waals surface area contributed by atoms with E-state index in [1.807, 2.05) is 19.9 Å². The molecule has 5 nitrogen and oxygen atoms in total. The van der Waals surface area contributed by atoms with E-state index < -0.39 is 14.6 Å². The van der Waals surface area contributed by atoms with Crippen LogP contribution in [0, 0.1) is 11.3 Å². The smallest absolute Gasteiger partial charge is 0.250 e. The molecule has 6 heteroatoms. The SMILES string of the molecule is CC(C)NC(C#N)COP(N)O. The van der Waals surface area contributed by atoms with Crippen LogP contribution in [0.25, 0.3) is 0 Å². The lowest BCUT2D eigenvalue weighted by Gasteiger charge is -2.14. The quantitative estimate of drug-likeness (QED) is 0.535. The fourth-order valence-corrected chi connectivity index (χ4v) is 0.978. The molecule has 0 saturated heterocycles. The van der Waals surface area contributed by atoms with Gasteiger partial charge in [0.25, 0.3) is 0 Å². The van der Waals surface area contributed by atoms with E-state index in [1.165, 1.54) is 0 Å². The largest absolute Gasteiger partial charge is 0.338 e. The number of nitrogens with one attached hydrogen (secondary N) is 1. The van der Waals surface area contributed by atoms with Crippen LogP contribution in [-0.2, 0) is 4.52 Å². The minimum absolute atomic E-state index is 0.118. The first-order valence-electron chi connectivity index (χ1n) is 3.58. The molecular formula is C6H14N3O2P. The van der Waals surface area contributed by atoms with Gasteiger partial charge in [0.1, 0.15) is 6.04 Å². The van der Waals surface area contributed by atoms with Crippen LogP contribution in [-0.4, -0.2) is 23.6 Å². The molecule has 4 N–H and O–H groups in total. The molecule has 0 amide bonds. The van der Waals surface area contributed by atoms with Crippen molar-refractivity contribution >= 4 is 8.53 Å². The summed E-state index contributed by atoms with van der Waals surface area (Å²) in [6, 6.07) is 1.79. The summed E-state index contributed by atoms with van der Waals surface area (Å²) >= 11 is 0. The maximum absolute atomic E-state index is 8.61. The first-order chi connectivity index (χ1) is 5.56. The van der Waals surface area contributed by atoms with Crippen LogP contribution in [0.2, 0.25) is 0 Å². The van der Waals surface area contributed by atoms with Crippen LogP contribution in [0.3, 0.4) is 0 Å². The average molecular weight is 191 g/mol. The summed E-state index contributed by atoms with van der Waals surface area (Å²) in [7, 11) is -1.85. The van der Waals surface area contributed by atoms with Crippen LogP contribution in [0.15, 0.2) is 0 Å². The van der Waals surface area contributed by atoms with Crippen LogP contribution in [0.5, 0.6) is 0 Å². The van der Waals surface area contributed by atoms with Crippen LogP contribution in [0.4, 0.5) is 0 Å². The Kier molecular flexibility index (Phi) is 6.17. The molecule has 70 valence electrons. The number of nitriles is 1. The van der Waals surface area contributed by atoms with Gasteiger partial charge >= 0.3 is 0 Å². The van der Waals surface area contributed by atoms with Gasteiger partial charge < -0.3 is 9.42 Å². The van der Waals surface area contributed by atoms with Gasteiger partial charge in [-0.1, -0.05) is 0 Å². The van der Waals surface area contributed by atoms with Gasteiger partial charge in [0.05, 0.1) is 12.7 Å². The van der Waals surface area contributed by atoms with E-state index in [1.54, 1.807) is 0 Å². The first-order valence-corrected chi connectivity index (χ1v) is 4.86. The average Bonchev–Trinajstić information content (AvgIpc) is 1.97. The van der Waals surface area contributed by atoms with Crippen LogP contribution >= 0.6 is 8.53 Å². The Labute approximate surface area is 73.5 Å². The molecule has 0 aliphatic heterocycles. The third kappa shape index (κ3) is 6.47. The molecule has 0 fully saturated rings. The highest BCUT2D eigenvalue weighted by atomic mass is 31.2. The molecule has 0 aromatic rings. The predicted octanol–water partition coefficient (Wildman–Crippen LogP) is 0.0711. The Morgan fingerprint density at radius 1 is 1.75 bits per heavy atom. The second-order valence-electron chi connectivity index (χ2n) is 2.60. The normalized spacial score (nSPS) is 15.7. The van der Waals surface area contributed by atoms with Gasteiger partial charge in [-0.2, -0.15) is 5.26 Å². The lowest BCUT2D eigenvalue weighted by atomic mass is 10.3. The standard InChI is InChI=1S/C6H14N3O2P/c1-5(2)9-6(3-7)4-11-12(8)10/h5-6,9-10H,4,8H2,1-2H3. The van der Waals surface area contributed by atoms with E-state index >= 15 is 0 Å². The van der Waals surface area contributed by atoms with Crippen molar-refractivity contribution in [1.82, 2.24) is 5.32 Å². The highest BCUT2D eigenvalue weighted by molar-refractivity contribution is 7.43. The zero-order valence-electron chi connectivity index (χ0n) is 7.19. The third-order valence-corrected chi connectivity index (χ3v) is 1.48. The number of hydrogen-bond donors (Lipinski definition) is 3. The van der Waals surface area contributed by atoms with Crippen molar-refractivity contribution in [2.24, 2.45) is 5.50 Å². The zero-order chi connectivity index (χ0) is 9.56. The third-order valence-electron chi connectivity index (χ3n) is 1.06. The minimum Gasteiger partial charge on any atom is -0.338 e. The van der Waals surface area contributed by atoms with Crippen molar-refractivity contribution in [1.29, 1.82) is 5.26 Å². The molecule has 2 unspecified atom stereocenters. The summed E-state index contributed by atoms with van der Waals surface area (Å²) < 4.78 is 4.71. The Balaban J connectivity index is 3.63.